The van der Waals surface area contributed by atoms with Crippen LogP contribution in [0.3, 0.4) is 0 Å². The summed E-state index contributed by atoms with van der Waals surface area (Å²) in [7, 11) is 1.67. The lowest BCUT2D eigenvalue weighted by molar-refractivity contribution is -0.368. The molecule has 0 aromatic carbocycles. The van der Waals surface area contributed by atoms with Crippen molar-refractivity contribution in [1.82, 2.24) is 0 Å². The molecule has 0 aromatic heterocycles. The molecule has 4 heteroatoms. The Morgan fingerprint density at radius 2 is 2.10 bits per heavy atom. The van der Waals surface area contributed by atoms with E-state index in [1.54, 1.807) is 7.11 Å². The zero-order valence-corrected chi connectivity index (χ0v) is 12.7. The fraction of sp³-hybridized carbons (Fsp3) is 0.750. The van der Waals surface area contributed by atoms with Crippen LogP contribution in [0.25, 0.3) is 0 Å². The monoisotopic (exact) mass is 280 g/mol. The second kappa shape index (κ2) is 4.67. The first kappa shape index (κ1) is 14.3. The summed E-state index contributed by atoms with van der Waals surface area (Å²) in [5.74, 6) is 0.279. The third-order valence-corrected chi connectivity index (χ3v) is 5.44. The van der Waals surface area contributed by atoms with E-state index >= 15 is 0 Å². The largest absolute Gasteiger partial charge is 0.349 e. The summed E-state index contributed by atoms with van der Waals surface area (Å²) in [5.41, 5.74) is 2.54. The molecule has 1 saturated carbocycles. The van der Waals surface area contributed by atoms with Gasteiger partial charge in [-0.15, -0.1) is 0 Å². The van der Waals surface area contributed by atoms with E-state index in [0.717, 1.165) is 12.0 Å². The fourth-order valence-corrected chi connectivity index (χ4v) is 4.47. The van der Waals surface area contributed by atoms with E-state index in [1.165, 1.54) is 18.4 Å². The van der Waals surface area contributed by atoms with E-state index < -0.39 is 12.1 Å². The van der Waals surface area contributed by atoms with Crippen molar-refractivity contribution < 1.29 is 19.6 Å². The summed E-state index contributed by atoms with van der Waals surface area (Å²) >= 11 is 0. The zero-order valence-electron chi connectivity index (χ0n) is 12.7. The molecule has 0 unspecified atom stereocenters. The SMILES string of the molecule is CO[C@@]12C[C@H]3C=C(C)CC[C@@H]3C(C)(C)C1=C[C@H](OO)O2. The Balaban J connectivity index is 2.04. The molecular weight excluding hydrogens is 256 g/mol. The summed E-state index contributed by atoms with van der Waals surface area (Å²) in [6, 6.07) is 0. The molecule has 0 radical (unpaired) electrons. The Hall–Kier alpha value is -0.680. The Morgan fingerprint density at radius 1 is 1.35 bits per heavy atom. The number of ether oxygens (including phenoxy) is 2. The highest BCUT2D eigenvalue weighted by Crippen LogP contribution is 2.59. The molecule has 0 aromatic rings. The molecule has 3 rings (SSSR count). The number of allylic oxidation sites excluding steroid dienone is 2. The maximum absolute atomic E-state index is 8.96. The van der Waals surface area contributed by atoms with Crippen LogP contribution in [0, 0.1) is 17.3 Å². The van der Waals surface area contributed by atoms with Gasteiger partial charge in [0.15, 0.2) is 5.79 Å². The number of hydrogen-bond donors (Lipinski definition) is 1. The number of methoxy groups -OCH3 is 1. The van der Waals surface area contributed by atoms with Crippen LogP contribution in [0.2, 0.25) is 0 Å². The predicted molar refractivity (Wildman–Crippen MR) is 74.8 cm³/mol. The van der Waals surface area contributed by atoms with E-state index in [2.05, 4.69) is 31.7 Å². The fourth-order valence-electron chi connectivity index (χ4n) is 4.47. The highest BCUT2D eigenvalue weighted by molar-refractivity contribution is 5.33. The maximum Gasteiger partial charge on any atom is 0.213 e. The van der Waals surface area contributed by atoms with Gasteiger partial charge in [0.2, 0.25) is 6.29 Å². The minimum Gasteiger partial charge on any atom is -0.349 e. The third-order valence-electron chi connectivity index (χ3n) is 5.44. The third kappa shape index (κ3) is 1.90. The van der Waals surface area contributed by atoms with E-state index in [0.29, 0.717) is 11.8 Å². The van der Waals surface area contributed by atoms with Crippen LogP contribution in [-0.4, -0.2) is 24.4 Å². The van der Waals surface area contributed by atoms with Crippen molar-refractivity contribution in [3.8, 4) is 0 Å². The lowest BCUT2D eigenvalue weighted by atomic mass is 9.56. The Kier molecular flexibility index (Phi) is 3.33. The first-order valence-corrected chi connectivity index (χ1v) is 7.36. The summed E-state index contributed by atoms with van der Waals surface area (Å²) in [6.07, 6.45) is 6.69. The highest BCUT2D eigenvalue weighted by atomic mass is 17.1. The van der Waals surface area contributed by atoms with Crippen molar-refractivity contribution in [3.63, 3.8) is 0 Å². The van der Waals surface area contributed by atoms with Gasteiger partial charge >= 0.3 is 0 Å². The minimum absolute atomic E-state index is 0.0244. The molecule has 3 aliphatic rings. The summed E-state index contributed by atoms with van der Waals surface area (Å²) < 4.78 is 11.6. The van der Waals surface area contributed by atoms with Crippen molar-refractivity contribution >= 4 is 0 Å². The number of rotatable bonds is 2. The van der Waals surface area contributed by atoms with Crippen molar-refractivity contribution in [2.75, 3.05) is 7.11 Å². The van der Waals surface area contributed by atoms with Crippen molar-refractivity contribution in [1.29, 1.82) is 0 Å². The van der Waals surface area contributed by atoms with Gasteiger partial charge < -0.3 is 9.47 Å². The first-order valence-electron chi connectivity index (χ1n) is 7.36. The molecule has 0 saturated heterocycles. The van der Waals surface area contributed by atoms with Crippen LogP contribution >= 0.6 is 0 Å². The minimum atomic E-state index is -0.758. The van der Waals surface area contributed by atoms with Crippen LogP contribution in [0.5, 0.6) is 0 Å². The standard InChI is InChI=1S/C16H24O4/c1-10-5-6-12-11(7-10)9-16(18-4)13(15(12,2)3)8-14(19-16)20-17/h7-8,11-12,14,17H,5-6,9H2,1-4H3/t11-,12+,14+,16-/m1/s1. The van der Waals surface area contributed by atoms with Gasteiger partial charge in [-0.1, -0.05) is 25.5 Å². The van der Waals surface area contributed by atoms with E-state index in [-0.39, 0.29) is 5.41 Å². The van der Waals surface area contributed by atoms with Crippen LogP contribution in [-0.2, 0) is 14.4 Å². The van der Waals surface area contributed by atoms with Crippen LogP contribution in [0.15, 0.2) is 23.3 Å². The lowest BCUT2D eigenvalue weighted by Gasteiger charge is -2.52. The molecule has 1 heterocycles. The molecule has 4 atom stereocenters. The van der Waals surface area contributed by atoms with Gasteiger partial charge in [-0.05, 0) is 48.7 Å². The molecule has 0 bridgehead atoms. The summed E-state index contributed by atoms with van der Waals surface area (Å²) in [4.78, 5) is 4.40. The van der Waals surface area contributed by atoms with E-state index in [4.69, 9.17) is 14.7 Å². The van der Waals surface area contributed by atoms with Gasteiger partial charge in [0, 0.05) is 13.5 Å². The molecule has 2 aliphatic carbocycles. The second-order valence-corrected chi connectivity index (χ2v) is 6.88. The summed E-state index contributed by atoms with van der Waals surface area (Å²) in [6.45, 7) is 6.70. The molecule has 0 spiro atoms. The Bertz CT molecular complexity index is 465. The van der Waals surface area contributed by atoms with Crippen LogP contribution in [0.4, 0.5) is 0 Å². The lowest BCUT2D eigenvalue weighted by Crippen LogP contribution is -2.51. The predicted octanol–water partition coefficient (Wildman–Crippen LogP) is 3.50. The van der Waals surface area contributed by atoms with Gasteiger partial charge in [0.05, 0.1) is 0 Å². The number of hydrogen-bond acceptors (Lipinski definition) is 4. The molecule has 1 fully saturated rings. The molecule has 0 amide bonds. The van der Waals surface area contributed by atoms with Crippen molar-refractivity contribution in [2.24, 2.45) is 17.3 Å². The van der Waals surface area contributed by atoms with Crippen LogP contribution in [0.1, 0.15) is 40.0 Å². The first-order chi connectivity index (χ1) is 9.43. The van der Waals surface area contributed by atoms with E-state index in [9.17, 15) is 0 Å². The van der Waals surface area contributed by atoms with Crippen molar-refractivity contribution in [3.05, 3.63) is 23.3 Å². The van der Waals surface area contributed by atoms with Crippen LogP contribution < -0.4 is 0 Å². The van der Waals surface area contributed by atoms with Gasteiger partial charge in [-0.3, -0.25) is 0 Å². The van der Waals surface area contributed by atoms with Gasteiger partial charge in [0.1, 0.15) is 0 Å². The molecule has 1 aliphatic heterocycles. The number of fused-ring (bicyclic) bond motifs is 2. The van der Waals surface area contributed by atoms with Gasteiger partial charge in [-0.25, -0.2) is 10.1 Å². The highest BCUT2D eigenvalue weighted by Gasteiger charge is 2.58. The van der Waals surface area contributed by atoms with Gasteiger partial charge in [0.25, 0.3) is 0 Å². The zero-order chi connectivity index (χ0) is 14.5. The van der Waals surface area contributed by atoms with Crippen molar-refractivity contribution in [2.45, 2.75) is 52.1 Å². The Morgan fingerprint density at radius 3 is 2.75 bits per heavy atom. The molecule has 1 N–H and O–H groups in total. The average Bonchev–Trinajstić information content (AvgIpc) is 2.79. The maximum atomic E-state index is 8.96. The molecule has 4 nitrogen and oxygen atoms in total. The molecule has 20 heavy (non-hydrogen) atoms. The summed E-state index contributed by atoms with van der Waals surface area (Å²) in [5, 5.41) is 8.96. The molecule has 112 valence electrons. The average molecular weight is 280 g/mol. The van der Waals surface area contributed by atoms with E-state index in [1.807, 2.05) is 6.08 Å². The Labute approximate surface area is 120 Å². The normalized spacial score (nSPS) is 42.5. The second-order valence-electron chi connectivity index (χ2n) is 6.88. The quantitative estimate of drug-likeness (QED) is 0.478. The smallest absolute Gasteiger partial charge is 0.213 e. The molecular formula is C16H24O4. The topological polar surface area (TPSA) is 47.9 Å². The van der Waals surface area contributed by atoms with Gasteiger partial charge in [-0.2, -0.15) is 0 Å².